The van der Waals surface area contributed by atoms with Gasteiger partial charge in [0.05, 0.1) is 7.11 Å². The summed E-state index contributed by atoms with van der Waals surface area (Å²) in [4.78, 5) is 2.28. The molecule has 2 N–H and O–H groups in total. The first-order valence-corrected chi connectivity index (χ1v) is 6.75. The predicted octanol–water partition coefficient (Wildman–Crippen LogP) is 3.22. The van der Waals surface area contributed by atoms with Crippen molar-refractivity contribution in [3.8, 4) is 5.75 Å². The lowest BCUT2D eigenvalue weighted by molar-refractivity contribution is 0.318. The molecule has 0 amide bonds. The molecular weight excluding hydrogens is 248 g/mol. The van der Waals surface area contributed by atoms with Crippen LogP contribution in [0.3, 0.4) is 0 Å². The van der Waals surface area contributed by atoms with Gasteiger partial charge in [0.1, 0.15) is 5.75 Å². The maximum absolute atomic E-state index is 5.85. The minimum atomic E-state index is 0.851. The Morgan fingerprint density at radius 1 is 1.05 bits per heavy atom. The molecule has 3 heteroatoms. The molecule has 0 radical (unpaired) electrons. The number of aryl methyl sites for hydroxylation is 1. The smallest absolute Gasteiger partial charge is 0.119 e. The largest absolute Gasteiger partial charge is 0.497 e. The lowest BCUT2D eigenvalue weighted by Gasteiger charge is -2.18. The van der Waals surface area contributed by atoms with Gasteiger partial charge in [0.2, 0.25) is 0 Å². The molecule has 0 aliphatic rings. The third-order valence-corrected chi connectivity index (χ3v) is 3.37. The zero-order valence-corrected chi connectivity index (χ0v) is 12.4. The Labute approximate surface area is 121 Å². The summed E-state index contributed by atoms with van der Waals surface area (Å²) in [6.07, 6.45) is 0. The normalized spacial score (nSPS) is 10.8. The molecule has 3 nitrogen and oxygen atoms in total. The van der Waals surface area contributed by atoms with Crippen LogP contribution in [0.4, 0.5) is 5.69 Å². The molecule has 0 atom stereocenters. The number of nitrogen functional groups attached to an aromatic ring is 1. The van der Waals surface area contributed by atoms with E-state index in [1.54, 1.807) is 7.11 Å². The summed E-state index contributed by atoms with van der Waals surface area (Å²) in [7, 11) is 3.81. The van der Waals surface area contributed by atoms with E-state index in [1.165, 1.54) is 11.1 Å². The number of ether oxygens (including phenoxy) is 1. The van der Waals surface area contributed by atoms with Crippen LogP contribution in [0.5, 0.6) is 5.75 Å². The Morgan fingerprint density at radius 3 is 2.40 bits per heavy atom. The Hall–Kier alpha value is -2.00. The van der Waals surface area contributed by atoms with Gasteiger partial charge >= 0.3 is 0 Å². The van der Waals surface area contributed by atoms with Gasteiger partial charge in [-0.05, 0) is 48.9 Å². The first kappa shape index (κ1) is 14.4. The third kappa shape index (κ3) is 3.75. The van der Waals surface area contributed by atoms with Crippen molar-refractivity contribution in [2.75, 3.05) is 19.9 Å². The number of nitrogens with two attached hydrogens (primary N) is 1. The molecule has 0 bridgehead atoms. The molecule has 0 aliphatic carbocycles. The average Bonchev–Trinajstić information content (AvgIpc) is 2.43. The van der Waals surface area contributed by atoms with Crippen LogP contribution in [0.2, 0.25) is 0 Å². The molecule has 0 saturated carbocycles. The minimum Gasteiger partial charge on any atom is -0.497 e. The van der Waals surface area contributed by atoms with E-state index >= 15 is 0 Å². The van der Waals surface area contributed by atoms with Crippen LogP contribution in [0.15, 0.2) is 42.5 Å². The second-order valence-electron chi connectivity index (χ2n) is 5.21. The monoisotopic (exact) mass is 270 g/mol. The first-order valence-electron chi connectivity index (χ1n) is 6.75. The van der Waals surface area contributed by atoms with Gasteiger partial charge in [-0.1, -0.05) is 24.3 Å². The van der Waals surface area contributed by atoms with Gasteiger partial charge in [0, 0.05) is 18.8 Å². The molecular formula is C17H22N2O. The van der Waals surface area contributed by atoms with Crippen molar-refractivity contribution in [1.82, 2.24) is 4.90 Å². The molecule has 0 fully saturated rings. The topological polar surface area (TPSA) is 38.5 Å². The van der Waals surface area contributed by atoms with Gasteiger partial charge < -0.3 is 10.5 Å². The van der Waals surface area contributed by atoms with Crippen molar-refractivity contribution < 1.29 is 4.74 Å². The van der Waals surface area contributed by atoms with Crippen molar-refractivity contribution in [3.63, 3.8) is 0 Å². The van der Waals surface area contributed by atoms with Crippen molar-refractivity contribution in [2.24, 2.45) is 0 Å². The van der Waals surface area contributed by atoms with E-state index in [4.69, 9.17) is 10.5 Å². The Morgan fingerprint density at radius 2 is 1.75 bits per heavy atom. The van der Waals surface area contributed by atoms with Crippen molar-refractivity contribution in [2.45, 2.75) is 20.0 Å². The van der Waals surface area contributed by atoms with Gasteiger partial charge in [0.25, 0.3) is 0 Å². The van der Waals surface area contributed by atoms with Gasteiger partial charge in [-0.25, -0.2) is 0 Å². The number of anilines is 1. The first-order chi connectivity index (χ1) is 9.58. The number of nitrogens with zero attached hydrogens (tertiary/aromatic N) is 1. The second-order valence-corrected chi connectivity index (χ2v) is 5.21. The summed E-state index contributed by atoms with van der Waals surface area (Å²) >= 11 is 0. The number of hydrogen-bond donors (Lipinski definition) is 1. The van der Waals surface area contributed by atoms with Crippen LogP contribution >= 0.6 is 0 Å². The zero-order chi connectivity index (χ0) is 14.5. The number of rotatable bonds is 5. The molecule has 20 heavy (non-hydrogen) atoms. The minimum absolute atomic E-state index is 0.851. The molecule has 0 heterocycles. The molecule has 0 saturated heterocycles. The summed E-state index contributed by atoms with van der Waals surface area (Å²) in [5.74, 6) is 0.902. The summed E-state index contributed by atoms with van der Waals surface area (Å²) in [5, 5.41) is 0. The van der Waals surface area contributed by atoms with Crippen molar-refractivity contribution in [1.29, 1.82) is 0 Å². The molecule has 0 aromatic heterocycles. The quantitative estimate of drug-likeness (QED) is 0.848. The predicted molar refractivity (Wildman–Crippen MR) is 83.8 cm³/mol. The molecule has 2 aromatic rings. The standard InChI is InChI=1S/C17H22N2O/c1-13-9-15(7-8-17(13)18)12-19(2)11-14-5-4-6-16(10-14)20-3/h4-10H,11-12,18H2,1-3H3. The highest BCUT2D eigenvalue weighted by Gasteiger charge is 2.04. The second kappa shape index (κ2) is 6.44. The number of methoxy groups -OCH3 is 1. The summed E-state index contributed by atoms with van der Waals surface area (Å²) in [6, 6.07) is 14.4. The summed E-state index contributed by atoms with van der Waals surface area (Å²) in [5.41, 5.74) is 10.4. The van der Waals surface area contributed by atoms with Crippen LogP contribution in [0.1, 0.15) is 16.7 Å². The lowest BCUT2D eigenvalue weighted by Crippen LogP contribution is -2.17. The fourth-order valence-corrected chi connectivity index (χ4v) is 2.29. The molecule has 0 spiro atoms. The molecule has 0 aliphatic heterocycles. The molecule has 106 valence electrons. The fourth-order valence-electron chi connectivity index (χ4n) is 2.29. The maximum Gasteiger partial charge on any atom is 0.119 e. The summed E-state index contributed by atoms with van der Waals surface area (Å²) in [6.45, 7) is 3.83. The van der Waals surface area contributed by atoms with Crippen LogP contribution in [-0.4, -0.2) is 19.1 Å². The lowest BCUT2D eigenvalue weighted by atomic mass is 10.1. The SMILES string of the molecule is COc1cccc(CN(C)Cc2ccc(N)c(C)c2)c1. The Kier molecular flexibility index (Phi) is 4.64. The molecule has 2 rings (SSSR count). The van der Waals surface area contributed by atoms with E-state index < -0.39 is 0 Å². The van der Waals surface area contributed by atoms with E-state index in [9.17, 15) is 0 Å². The highest BCUT2D eigenvalue weighted by atomic mass is 16.5. The molecule has 2 aromatic carbocycles. The highest BCUT2D eigenvalue weighted by molar-refractivity contribution is 5.47. The molecule has 0 unspecified atom stereocenters. The number of hydrogen-bond acceptors (Lipinski definition) is 3. The van der Waals surface area contributed by atoms with Crippen LogP contribution in [0, 0.1) is 6.92 Å². The van der Waals surface area contributed by atoms with E-state index in [-0.39, 0.29) is 0 Å². The zero-order valence-electron chi connectivity index (χ0n) is 12.4. The van der Waals surface area contributed by atoms with Crippen LogP contribution in [-0.2, 0) is 13.1 Å². The van der Waals surface area contributed by atoms with Crippen molar-refractivity contribution in [3.05, 3.63) is 59.2 Å². The van der Waals surface area contributed by atoms with Crippen LogP contribution in [0.25, 0.3) is 0 Å². The Balaban J connectivity index is 2.00. The summed E-state index contributed by atoms with van der Waals surface area (Å²) < 4.78 is 5.25. The van der Waals surface area contributed by atoms with E-state index in [0.717, 1.165) is 30.1 Å². The van der Waals surface area contributed by atoms with E-state index in [1.807, 2.05) is 25.1 Å². The average molecular weight is 270 g/mol. The van der Waals surface area contributed by atoms with Crippen molar-refractivity contribution >= 4 is 5.69 Å². The Bertz CT molecular complexity index is 581. The van der Waals surface area contributed by atoms with Gasteiger partial charge in [-0.3, -0.25) is 4.90 Å². The fraction of sp³-hybridized carbons (Fsp3) is 0.294. The maximum atomic E-state index is 5.85. The highest BCUT2D eigenvalue weighted by Crippen LogP contribution is 2.17. The van der Waals surface area contributed by atoms with Gasteiger partial charge in [-0.2, -0.15) is 0 Å². The van der Waals surface area contributed by atoms with Crippen LogP contribution < -0.4 is 10.5 Å². The van der Waals surface area contributed by atoms with E-state index in [0.29, 0.717) is 0 Å². The number of benzene rings is 2. The van der Waals surface area contributed by atoms with E-state index in [2.05, 4.69) is 36.2 Å². The van der Waals surface area contributed by atoms with Gasteiger partial charge in [-0.15, -0.1) is 0 Å². The van der Waals surface area contributed by atoms with Gasteiger partial charge in [0.15, 0.2) is 0 Å². The third-order valence-electron chi connectivity index (χ3n) is 3.37.